The van der Waals surface area contributed by atoms with Gasteiger partial charge in [-0.15, -0.1) is 0 Å². The zero-order valence-electron chi connectivity index (χ0n) is 22.4. The summed E-state index contributed by atoms with van der Waals surface area (Å²) in [6.45, 7) is 0.200. The lowest BCUT2D eigenvalue weighted by Gasteiger charge is -2.25. The second-order valence-corrected chi connectivity index (χ2v) is 9.69. The van der Waals surface area contributed by atoms with Gasteiger partial charge in [0.25, 0.3) is 0 Å². The molecule has 14 heteroatoms. The molecule has 0 fully saturated rings. The number of benzene rings is 2. The number of nitrogens with zero attached hydrogens (tertiary/aromatic N) is 1. The molecule has 11 N–H and O–H groups in total. The lowest BCUT2D eigenvalue weighted by atomic mass is 10.0. The van der Waals surface area contributed by atoms with E-state index in [9.17, 15) is 29.4 Å². The normalized spacial score (nSPS) is 13.6. The Bertz CT molecular complexity index is 1190. The molecule has 4 atom stereocenters. The number of carbonyl (C=O) groups is 4. The van der Waals surface area contributed by atoms with Crippen LogP contribution in [0.5, 0.6) is 5.75 Å². The number of nitrogens with one attached hydrogen (secondary N) is 3. The summed E-state index contributed by atoms with van der Waals surface area (Å²) >= 11 is 4.02. The molecule has 2 aromatic rings. The van der Waals surface area contributed by atoms with Crippen LogP contribution >= 0.6 is 12.6 Å². The fourth-order valence-electron chi connectivity index (χ4n) is 3.81. The van der Waals surface area contributed by atoms with Gasteiger partial charge in [0.2, 0.25) is 17.7 Å². The number of amides is 3. The fourth-order valence-corrected chi connectivity index (χ4v) is 3.97. The van der Waals surface area contributed by atoms with Crippen molar-refractivity contribution < 1.29 is 29.4 Å². The SMILES string of the molecule is NC(N)=NCCCC(NC(=O)C(N)CS)C(=O)NC(Cc1ccccc1)C(=O)NC(Cc1ccc(O)cc1)C(=O)O. The van der Waals surface area contributed by atoms with Crippen molar-refractivity contribution in [1.82, 2.24) is 16.0 Å². The highest BCUT2D eigenvalue weighted by molar-refractivity contribution is 7.80. The molecule has 0 aliphatic heterocycles. The number of aromatic hydroxyl groups is 1. The summed E-state index contributed by atoms with van der Waals surface area (Å²) < 4.78 is 0. The minimum atomic E-state index is -1.31. The lowest BCUT2D eigenvalue weighted by Crippen LogP contribution is -2.58. The number of thiol groups is 1. The molecule has 222 valence electrons. The zero-order chi connectivity index (χ0) is 30.4. The highest BCUT2D eigenvalue weighted by Crippen LogP contribution is 2.12. The number of carboxylic acids is 1. The Hall–Kier alpha value is -4.30. The highest BCUT2D eigenvalue weighted by atomic mass is 32.1. The molecule has 0 radical (unpaired) electrons. The summed E-state index contributed by atoms with van der Waals surface area (Å²) in [6, 6.07) is 10.2. The van der Waals surface area contributed by atoms with Gasteiger partial charge in [-0.1, -0.05) is 42.5 Å². The Morgan fingerprint density at radius 1 is 0.805 bits per heavy atom. The molecule has 0 bridgehead atoms. The van der Waals surface area contributed by atoms with Crippen molar-refractivity contribution in [2.75, 3.05) is 12.3 Å². The van der Waals surface area contributed by atoms with Gasteiger partial charge in [0.05, 0.1) is 6.04 Å². The molecule has 3 amide bonds. The number of phenolic OH excluding ortho intramolecular Hbond substituents is 1. The third-order valence-electron chi connectivity index (χ3n) is 6.02. The number of guanidine groups is 1. The van der Waals surface area contributed by atoms with Crippen molar-refractivity contribution in [2.45, 2.75) is 49.9 Å². The van der Waals surface area contributed by atoms with Gasteiger partial charge in [0.1, 0.15) is 23.9 Å². The van der Waals surface area contributed by atoms with E-state index in [-0.39, 0.29) is 43.3 Å². The molecule has 2 aromatic carbocycles. The third kappa shape index (κ3) is 11.8. The third-order valence-corrected chi connectivity index (χ3v) is 6.41. The van der Waals surface area contributed by atoms with Gasteiger partial charge >= 0.3 is 5.97 Å². The molecule has 0 saturated heterocycles. The van der Waals surface area contributed by atoms with Crippen molar-refractivity contribution in [3.63, 3.8) is 0 Å². The Balaban J connectivity index is 2.25. The van der Waals surface area contributed by atoms with Crippen LogP contribution in [0.3, 0.4) is 0 Å². The fraction of sp³-hybridized carbons (Fsp3) is 0.370. The van der Waals surface area contributed by atoms with Crippen molar-refractivity contribution in [2.24, 2.45) is 22.2 Å². The van der Waals surface area contributed by atoms with E-state index in [1.54, 1.807) is 42.5 Å². The number of carbonyl (C=O) groups excluding carboxylic acids is 3. The summed E-state index contributed by atoms with van der Waals surface area (Å²) in [6.07, 6.45) is 0.453. The zero-order valence-corrected chi connectivity index (χ0v) is 23.3. The van der Waals surface area contributed by atoms with Crippen molar-refractivity contribution in [1.29, 1.82) is 0 Å². The Labute approximate surface area is 243 Å². The molecule has 41 heavy (non-hydrogen) atoms. The predicted molar refractivity (Wildman–Crippen MR) is 157 cm³/mol. The van der Waals surface area contributed by atoms with E-state index < -0.39 is 47.9 Å². The van der Waals surface area contributed by atoms with Gasteiger partial charge in [0, 0.05) is 25.1 Å². The van der Waals surface area contributed by atoms with Gasteiger partial charge in [-0.3, -0.25) is 19.4 Å². The predicted octanol–water partition coefficient (Wildman–Crippen LogP) is -0.973. The van der Waals surface area contributed by atoms with Gasteiger partial charge in [0.15, 0.2) is 5.96 Å². The maximum atomic E-state index is 13.4. The van der Waals surface area contributed by atoms with E-state index in [0.29, 0.717) is 17.5 Å². The average Bonchev–Trinajstić information content (AvgIpc) is 2.94. The minimum absolute atomic E-state index is 0.0190. The largest absolute Gasteiger partial charge is 0.508 e. The Morgan fingerprint density at radius 3 is 1.93 bits per heavy atom. The van der Waals surface area contributed by atoms with Crippen LogP contribution in [0.2, 0.25) is 0 Å². The van der Waals surface area contributed by atoms with Gasteiger partial charge in [-0.25, -0.2) is 4.79 Å². The first-order valence-corrected chi connectivity index (χ1v) is 13.5. The van der Waals surface area contributed by atoms with E-state index >= 15 is 0 Å². The number of carboxylic acid groups (broad SMARTS) is 1. The van der Waals surface area contributed by atoms with Crippen molar-refractivity contribution >= 4 is 42.3 Å². The maximum Gasteiger partial charge on any atom is 0.326 e. The van der Waals surface area contributed by atoms with E-state index in [4.69, 9.17) is 17.2 Å². The van der Waals surface area contributed by atoms with Gasteiger partial charge in [-0.05, 0) is 36.1 Å². The topological polar surface area (TPSA) is 235 Å². The maximum absolute atomic E-state index is 13.4. The lowest BCUT2D eigenvalue weighted by molar-refractivity contribution is -0.142. The van der Waals surface area contributed by atoms with Crippen molar-refractivity contribution in [3.8, 4) is 5.75 Å². The van der Waals surface area contributed by atoms with Crippen LogP contribution in [-0.2, 0) is 32.0 Å². The smallest absolute Gasteiger partial charge is 0.326 e. The summed E-state index contributed by atoms with van der Waals surface area (Å²) in [5.74, 6) is -3.34. The quantitative estimate of drug-likeness (QED) is 0.0507. The second kappa shape index (κ2) is 16.7. The van der Waals surface area contributed by atoms with Crippen LogP contribution in [0, 0.1) is 0 Å². The molecule has 0 spiro atoms. The van der Waals surface area contributed by atoms with E-state index in [2.05, 4.69) is 33.6 Å². The summed E-state index contributed by atoms with van der Waals surface area (Å²) in [7, 11) is 0. The minimum Gasteiger partial charge on any atom is -0.508 e. The average molecular weight is 588 g/mol. The number of nitrogens with two attached hydrogens (primary N) is 3. The first kappa shape index (κ1) is 32.9. The van der Waals surface area contributed by atoms with Gasteiger partial charge in [-0.2, -0.15) is 12.6 Å². The molecule has 4 unspecified atom stereocenters. The monoisotopic (exact) mass is 587 g/mol. The number of aliphatic carboxylic acids is 1. The standard InChI is InChI=1S/C27H37N7O6S/c28-19(15-41)23(36)32-20(7-4-12-31-27(29)30)24(37)33-21(13-16-5-2-1-3-6-16)25(38)34-22(26(39)40)14-17-8-10-18(35)11-9-17/h1-3,5-6,8-11,19-22,35,41H,4,7,12-15,28H2,(H,32,36)(H,33,37)(H,34,38)(H,39,40)(H4,29,30,31). The van der Waals surface area contributed by atoms with E-state index in [1.165, 1.54) is 12.1 Å². The first-order chi connectivity index (χ1) is 19.5. The summed E-state index contributed by atoms with van der Waals surface area (Å²) in [5, 5.41) is 27.0. The van der Waals surface area contributed by atoms with Crippen LogP contribution in [0.4, 0.5) is 0 Å². The molecule has 0 saturated carbocycles. The number of rotatable bonds is 16. The molecule has 0 aromatic heterocycles. The van der Waals surface area contributed by atoms with E-state index in [0.717, 1.165) is 0 Å². The van der Waals surface area contributed by atoms with Crippen molar-refractivity contribution in [3.05, 3.63) is 65.7 Å². The van der Waals surface area contributed by atoms with Gasteiger partial charge < -0.3 is 43.4 Å². The van der Waals surface area contributed by atoms with Crippen LogP contribution < -0.4 is 33.2 Å². The number of hydrogen-bond acceptors (Lipinski definition) is 8. The summed E-state index contributed by atoms with van der Waals surface area (Å²) in [4.78, 5) is 55.1. The van der Waals surface area contributed by atoms with Crippen LogP contribution in [0.15, 0.2) is 59.6 Å². The molecule has 2 rings (SSSR count). The van der Waals surface area contributed by atoms with Crippen LogP contribution in [0.1, 0.15) is 24.0 Å². The molecule has 0 heterocycles. The van der Waals surface area contributed by atoms with E-state index in [1.807, 2.05) is 0 Å². The second-order valence-electron chi connectivity index (χ2n) is 9.32. The van der Waals surface area contributed by atoms with Crippen LogP contribution in [-0.4, -0.2) is 76.3 Å². The number of aliphatic imine (C=N–C) groups is 1. The number of hydrogen-bond donors (Lipinski definition) is 9. The summed E-state index contributed by atoms with van der Waals surface area (Å²) in [5.41, 5.74) is 17.7. The highest BCUT2D eigenvalue weighted by Gasteiger charge is 2.30. The Morgan fingerprint density at radius 2 is 1.34 bits per heavy atom. The molecule has 0 aliphatic rings. The van der Waals surface area contributed by atoms with Crippen LogP contribution in [0.25, 0.3) is 0 Å². The molecule has 13 nitrogen and oxygen atoms in total. The molecular weight excluding hydrogens is 550 g/mol. The Kier molecular flexibility index (Phi) is 13.4. The molecular formula is C27H37N7O6S. The first-order valence-electron chi connectivity index (χ1n) is 12.9. The number of phenols is 1. The molecule has 0 aliphatic carbocycles.